The topological polar surface area (TPSA) is 102 Å². The van der Waals surface area contributed by atoms with E-state index < -0.39 is 0 Å². The molecule has 3 aromatic heterocycles. The number of halogens is 1. The average Bonchev–Trinajstić information content (AvgIpc) is 3.52. The van der Waals surface area contributed by atoms with Crippen LogP contribution in [0.2, 0.25) is 5.02 Å². The molecular formula is C31H35ClN6O3. The first-order chi connectivity index (χ1) is 20.0. The number of benzene rings is 1. The fraction of sp³-hybridized carbons (Fsp3) is 0.387. The summed E-state index contributed by atoms with van der Waals surface area (Å²) in [6, 6.07) is 14.2. The molecule has 214 valence electrons. The third-order valence-corrected chi connectivity index (χ3v) is 8.27. The molecule has 0 aliphatic carbocycles. The summed E-state index contributed by atoms with van der Waals surface area (Å²) < 4.78 is 13.2. The third kappa shape index (κ3) is 5.94. The Bertz CT molecular complexity index is 1570. The van der Waals surface area contributed by atoms with Crippen molar-refractivity contribution in [2.45, 2.75) is 44.5 Å². The zero-order chi connectivity index (χ0) is 28.3. The average molecular weight is 575 g/mol. The number of methoxy groups -OCH3 is 1. The Balaban J connectivity index is 1.20. The fourth-order valence-corrected chi connectivity index (χ4v) is 5.83. The van der Waals surface area contributed by atoms with Crippen LogP contribution < -0.4 is 20.7 Å². The number of nitrogens with zero attached hydrogens (tertiary/aromatic N) is 3. The second-order valence-corrected chi connectivity index (χ2v) is 11.1. The van der Waals surface area contributed by atoms with Crippen LogP contribution in [-0.4, -0.2) is 59.4 Å². The van der Waals surface area contributed by atoms with Gasteiger partial charge in [0.1, 0.15) is 5.65 Å². The Morgan fingerprint density at radius 3 is 2.46 bits per heavy atom. The SMILES string of the molecule is COc1nc(-c2cccc(-c3ccc4c(CNC[C@@H]5CCO5)cn(C)c4n3)c2Cl)ccc1CNC[C@@H]1CCC(=O)N1. The highest BCUT2D eigenvalue weighted by Gasteiger charge is 2.21. The number of hydrogen-bond acceptors (Lipinski definition) is 7. The molecule has 2 fully saturated rings. The predicted molar refractivity (Wildman–Crippen MR) is 160 cm³/mol. The van der Waals surface area contributed by atoms with E-state index in [1.165, 1.54) is 5.56 Å². The van der Waals surface area contributed by atoms with Gasteiger partial charge in [-0.2, -0.15) is 0 Å². The van der Waals surface area contributed by atoms with E-state index in [4.69, 9.17) is 31.0 Å². The number of carbonyl (C=O) groups excluding carboxylic acids is 1. The van der Waals surface area contributed by atoms with Crippen molar-refractivity contribution in [3.63, 3.8) is 0 Å². The largest absolute Gasteiger partial charge is 0.481 e. The molecule has 5 heterocycles. The van der Waals surface area contributed by atoms with Gasteiger partial charge in [-0.05, 0) is 36.6 Å². The molecule has 4 aromatic rings. The zero-order valence-electron chi connectivity index (χ0n) is 23.4. The molecule has 0 saturated carbocycles. The van der Waals surface area contributed by atoms with Gasteiger partial charge in [0.15, 0.2) is 0 Å². The maximum atomic E-state index is 11.4. The van der Waals surface area contributed by atoms with E-state index in [9.17, 15) is 4.79 Å². The van der Waals surface area contributed by atoms with Crippen LogP contribution in [0.5, 0.6) is 5.88 Å². The summed E-state index contributed by atoms with van der Waals surface area (Å²) in [6.45, 7) is 3.79. The van der Waals surface area contributed by atoms with E-state index in [0.29, 0.717) is 36.5 Å². The number of fused-ring (bicyclic) bond motifs is 1. The smallest absolute Gasteiger partial charge is 0.220 e. The number of hydrogen-bond donors (Lipinski definition) is 3. The molecule has 0 bridgehead atoms. The second-order valence-electron chi connectivity index (χ2n) is 10.7. The molecule has 0 spiro atoms. The van der Waals surface area contributed by atoms with Crippen molar-refractivity contribution in [1.82, 2.24) is 30.5 Å². The van der Waals surface area contributed by atoms with Gasteiger partial charge in [0.25, 0.3) is 0 Å². The van der Waals surface area contributed by atoms with Crippen molar-refractivity contribution in [1.29, 1.82) is 0 Å². The lowest BCUT2D eigenvalue weighted by Crippen LogP contribution is -2.36. The van der Waals surface area contributed by atoms with Crippen molar-refractivity contribution in [2.24, 2.45) is 7.05 Å². The van der Waals surface area contributed by atoms with Crippen molar-refractivity contribution in [3.8, 4) is 28.4 Å². The Hall–Kier alpha value is -3.50. The van der Waals surface area contributed by atoms with Crippen LogP contribution in [0.25, 0.3) is 33.5 Å². The molecule has 0 unspecified atom stereocenters. The molecule has 2 atom stereocenters. The molecule has 2 aliphatic rings. The number of rotatable bonds is 11. The monoisotopic (exact) mass is 574 g/mol. The Labute approximate surface area is 244 Å². The quantitative estimate of drug-likeness (QED) is 0.247. The number of pyridine rings is 2. The van der Waals surface area contributed by atoms with E-state index in [-0.39, 0.29) is 11.9 Å². The van der Waals surface area contributed by atoms with Gasteiger partial charge in [-0.3, -0.25) is 4.79 Å². The van der Waals surface area contributed by atoms with Gasteiger partial charge in [-0.15, -0.1) is 0 Å². The lowest BCUT2D eigenvalue weighted by molar-refractivity contribution is -0.119. The fourth-order valence-electron chi connectivity index (χ4n) is 5.51. The Kier molecular flexibility index (Phi) is 8.20. The molecule has 2 aliphatic heterocycles. The van der Waals surface area contributed by atoms with Crippen LogP contribution in [0.4, 0.5) is 0 Å². The first-order valence-electron chi connectivity index (χ1n) is 14.1. The minimum Gasteiger partial charge on any atom is -0.481 e. The normalized spacial score (nSPS) is 18.5. The van der Waals surface area contributed by atoms with Crippen molar-refractivity contribution >= 4 is 28.5 Å². The maximum absolute atomic E-state index is 11.4. The molecule has 41 heavy (non-hydrogen) atoms. The standard InChI is InChI=1S/C31H35ClN6O3/c1-38-18-20(15-34-17-22-12-13-41-22)23-8-10-26(36-30(23)38)24-4-3-5-25(29(24)32)27-9-6-19(31(37-27)40-2)14-33-16-21-7-11-28(39)35-21/h3-6,8-10,18,21-22,33-34H,7,11-17H2,1-2H3,(H,35,39)/t21-,22-/m0/s1. The van der Waals surface area contributed by atoms with Crippen molar-refractivity contribution in [3.05, 3.63) is 64.8 Å². The van der Waals surface area contributed by atoms with Gasteiger partial charge < -0.3 is 30.0 Å². The van der Waals surface area contributed by atoms with Gasteiger partial charge >= 0.3 is 0 Å². The molecule has 1 amide bonds. The number of ether oxygens (including phenoxy) is 2. The van der Waals surface area contributed by atoms with E-state index in [1.54, 1.807) is 7.11 Å². The van der Waals surface area contributed by atoms with Crippen molar-refractivity contribution in [2.75, 3.05) is 26.8 Å². The maximum Gasteiger partial charge on any atom is 0.220 e. The van der Waals surface area contributed by atoms with E-state index in [2.05, 4.69) is 32.8 Å². The summed E-state index contributed by atoms with van der Waals surface area (Å²) in [6.07, 6.45) is 5.04. The van der Waals surface area contributed by atoms with E-state index in [1.807, 2.05) is 43.4 Å². The minimum atomic E-state index is 0.116. The zero-order valence-corrected chi connectivity index (χ0v) is 24.1. The number of amides is 1. The summed E-state index contributed by atoms with van der Waals surface area (Å²) in [5.74, 6) is 0.658. The predicted octanol–water partition coefficient (Wildman–Crippen LogP) is 4.21. The summed E-state index contributed by atoms with van der Waals surface area (Å²) in [5.41, 5.74) is 6.25. The lowest BCUT2D eigenvalue weighted by atomic mass is 10.0. The van der Waals surface area contributed by atoms with Crippen LogP contribution in [0.3, 0.4) is 0 Å². The van der Waals surface area contributed by atoms with E-state index in [0.717, 1.165) is 71.6 Å². The molecule has 10 heteroatoms. The summed E-state index contributed by atoms with van der Waals surface area (Å²) in [4.78, 5) is 21.2. The van der Waals surface area contributed by atoms with Crippen LogP contribution in [0.1, 0.15) is 30.4 Å². The van der Waals surface area contributed by atoms with Gasteiger partial charge in [0.05, 0.1) is 29.6 Å². The number of aryl methyl sites for hydroxylation is 1. The van der Waals surface area contributed by atoms with Crippen LogP contribution in [0.15, 0.2) is 48.7 Å². The first kappa shape index (κ1) is 27.7. The van der Waals surface area contributed by atoms with E-state index >= 15 is 0 Å². The summed E-state index contributed by atoms with van der Waals surface area (Å²) >= 11 is 7.00. The molecule has 0 radical (unpaired) electrons. The Morgan fingerprint density at radius 1 is 1.02 bits per heavy atom. The summed E-state index contributed by atoms with van der Waals surface area (Å²) in [7, 11) is 3.64. The first-order valence-corrected chi connectivity index (χ1v) is 14.5. The lowest BCUT2D eigenvalue weighted by Gasteiger charge is -2.26. The van der Waals surface area contributed by atoms with Gasteiger partial charge in [-0.25, -0.2) is 9.97 Å². The van der Waals surface area contributed by atoms with Gasteiger partial charge in [0.2, 0.25) is 11.8 Å². The minimum absolute atomic E-state index is 0.116. The third-order valence-electron chi connectivity index (χ3n) is 7.86. The number of carbonyl (C=O) groups is 1. The van der Waals surface area contributed by atoms with Crippen LogP contribution in [-0.2, 0) is 29.7 Å². The highest BCUT2D eigenvalue weighted by Crippen LogP contribution is 2.37. The molecule has 2 saturated heterocycles. The van der Waals surface area contributed by atoms with Crippen LogP contribution >= 0.6 is 11.6 Å². The van der Waals surface area contributed by atoms with Gasteiger partial charge in [0, 0.05) is 80.6 Å². The molecular weight excluding hydrogens is 540 g/mol. The number of nitrogens with one attached hydrogen (secondary N) is 3. The summed E-state index contributed by atoms with van der Waals surface area (Å²) in [5, 5.41) is 11.6. The molecule has 6 rings (SSSR count). The number of aromatic nitrogens is 3. The highest BCUT2D eigenvalue weighted by atomic mass is 35.5. The molecule has 3 N–H and O–H groups in total. The second kappa shape index (κ2) is 12.2. The molecule has 9 nitrogen and oxygen atoms in total. The van der Waals surface area contributed by atoms with Gasteiger partial charge in [-0.1, -0.05) is 35.9 Å². The Morgan fingerprint density at radius 2 is 1.76 bits per heavy atom. The highest BCUT2D eigenvalue weighted by molar-refractivity contribution is 6.36. The van der Waals surface area contributed by atoms with Crippen LogP contribution in [0, 0.1) is 0 Å². The van der Waals surface area contributed by atoms with Crippen molar-refractivity contribution < 1.29 is 14.3 Å². The molecule has 1 aromatic carbocycles.